The number of nitrogens with zero attached hydrogens (tertiary/aromatic N) is 2. The minimum atomic E-state index is -4.41. The van der Waals surface area contributed by atoms with Gasteiger partial charge in [-0.05, 0) is 45.9 Å². The third kappa shape index (κ3) is 7.84. The Bertz CT molecular complexity index is 1620. The van der Waals surface area contributed by atoms with Crippen molar-refractivity contribution in [1.29, 1.82) is 0 Å². The van der Waals surface area contributed by atoms with Crippen molar-refractivity contribution in [2.45, 2.75) is 40.2 Å². The number of rotatable bonds is 13. The summed E-state index contributed by atoms with van der Waals surface area (Å²) in [5.74, 6) is -3.85. The van der Waals surface area contributed by atoms with E-state index in [-0.39, 0.29) is 42.0 Å². The van der Waals surface area contributed by atoms with E-state index in [0.717, 1.165) is 5.56 Å². The highest BCUT2D eigenvalue weighted by Gasteiger charge is 2.58. The van der Waals surface area contributed by atoms with E-state index in [4.69, 9.17) is 23.3 Å². The van der Waals surface area contributed by atoms with E-state index in [1.54, 1.807) is 33.8 Å². The first-order valence-corrected chi connectivity index (χ1v) is 17.0. The summed E-state index contributed by atoms with van der Waals surface area (Å²) in [5, 5.41) is 14.8. The summed E-state index contributed by atoms with van der Waals surface area (Å²) in [4.78, 5) is 52.9. The van der Waals surface area contributed by atoms with Crippen LogP contribution < -0.4 is 5.32 Å². The topological polar surface area (TPSA) is 173 Å². The Balaban J connectivity index is 1.67. The Morgan fingerprint density at radius 1 is 0.979 bits per heavy atom. The molecule has 2 aromatic carbocycles. The van der Waals surface area contributed by atoms with Crippen molar-refractivity contribution in [2.75, 3.05) is 46.6 Å². The minimum Gasteiger partial charge on any atom is -0.465 e. The van der Waals surface area contributed by atoms with E-state index >= 15 is 0 Å². The SMILES string of the molecule is CCOC(=O)C1(C(=O)OCC)COP(=O)(C2=C(C)NC(C)=C(C(=O)OCCN(C)Cc3ccccc3)C2c2cccc([N+](=O)[O-])c2)OC1. The largest absolute Gasteiger partial charge is 0.465 e. The fourth-order valence-corrected chi connectivity index (χ4v) is 7.77. The lowest BCUT2D eigenvalue weighted by Crippen LogP contribution is -2.51. The van der Waals surface area contributed by atoms with Gasteiger partial charge < -0.3 is 28.6 Å². The molecule has 1 fully saturated rings. The summed E-state index contributed by atoms with van der Waals surface area (Å²) in [6.07, 6.45) is 0. The number of hydrogen-bond donors (Lipinski definition) is 1. The summed E-state index contributed by atoms with van der Waals surface area (Å²) in [6.45, 7) is 5.92. The maximum atomic E-state index is 14.6. The van der Waals surface area contributed by atoms with Gasteiger partial charge >= 0.3 is 25.5 Å². The van der Waals surface area contributed by atoms with E-state index in [9.17, 15) is 29.1 Å². The van der Waals surface area contributed by atoms with Crippen LogP contribution in [0.1, 0.15) is 44.7 Å². The third-order valence-corrected chi connectivity index (χ3v) is 10.1. The normalized spacial score (nSPS) is 18.6. The van der Waals surface area contributed by atoms with Crippen LogP contribution in [-0.4, -0.2) is 74.4 Å². The average molecular weight is 686 g/mol. The van der Waals surface area contributed by atoms with Crippen LogP contribution in [0, 0.1) is 15.5 Å². The predicted molar refractivity (Wildman–Crippen MR) is 173 cm³/mol. The van der Waals surface area contributed by atoms with Crippen LogP contribution in [0.5, 0.6) is 0 Å². The highest BCUT2D eigenvalue weighted by Crippen LogP contribution is 2.66. The predicted octanol–water partition coefficient (Wildman–Crippen LogP) is 4.81. The number of esters is 3. The molecule has 258 valence electrons. The molecule has 0 bridgehead atoms. The molecule has 0 aliphatic carbocycles. The molecular weight excluding hydrogens is 645 g/mol. The zero-order valence-corrected chi connectivity index (χ0v) is 28.5. The van der Waals surface area contributed by atoms with Crippen LogP contribution in [0.15, 0.2) is 76.9 Å². The van der Waals surface area contributed by atoms with Crippen molar-refractivity contribution in [2.24, 2.45) is 5.41 Å². The highest BCUT2D eigenvalue weighted by molar-refractivity contribution is 7.58. The lowest BCUT2D eigenvalue weighted by Gasteiger charge is -2.40. The number of carbonyl (C=O) groups excluding carboxylic acids is 3. The van der Waals surface area contributed by atoms with Crippen molar-refractivity contribution >= 4 is 31.2 Å². The van der Waals surface area contributed by atoms with Crippen LogP contribution >= 0.6 is 7.60 Å². The first kappa shape index (κ1) is 36.5. The number of hydrogen-bond acceptors (Lipinski definition) is 13. The Labute approximate surface area is 278 Å². The number of nitrogens with one attached hydrogen (secondary N) is 1. The Morgan fingerprint density at radius 3 is 2.19 bits per heavy atom. The monoisotopic (exact) mass is 685 g/mol. The molecule has 2 aliphatic heterocycles. The van der Waals surface area contributed by atoms with Crippen molar-refractivity contribution in [3.05, 3.63) is 98.1 Å². The van der Waals surface area contributed by atoms with Crippen molar-refractivity contribution in [3.8, 4) is 0 Å². The van der Waals surface area contributed by atoms with Gasteiger partial charge in [0.05, 0.1) is 48.2 Å². The third-order valence-electron chi connectivity index (χ3n) is 7.95. The van der Waals surface area contributed by atoms with Crippen LogP contribution in [0.3, 0.4) is 0 Å². The molecule has 14 nitrogen and oxygen atoms in total. The van der Waals surface area contributed by atoms with Gasteiger partial charge in [0, 0.05) is 36.6 Å². The number of allylic oxidation sites excluding steroid dienone is 3. The number of non-ortho nitro benzene ring substituents is 1. The number of ether oxygens (including phenoxy) is 3. The molecule has 48 heavy (non-hydrogen) atoms. The molecule has 1 unspecified atom stereocenters. The summed E-state index contributed by atoms with van der Waals surface area (Å²) in [6, 6.07) is 15.4. The van der Waals surface area contributed by atoms with Gasteiger partial charge in [0.2, 0.25) is 5.41 Å². The molecule has 1 saturated heterocycles. The van der Waals surface area contributed by atoms with Gasteiger partial charge in [0.15, 0.2) is 0 Å². The molecule has 2 aromatic rings. The first-order valence-electron chi connectivity index (χ1n) is 15.4. The molecule has 15 heteroatoms. The lowest BCUT2D eigenvalue weighted by molar-refractivity contribution is -0.384. The quantitative estimate of drug-likeness (QED) is 0.0761. The molecule has 0 saturated carbocycles. The van der Waals surface area contributed by atoms with Gasteiger partial charge in [0.1, 0.15) is 6.61 Å². The molecule has 2 heterocycles. The summed E-state index contributed by atoms with van der Waals surface area (Å²) < 4.78 is 42.2. The van der Waals surface area contributed by atoms with Gasteiger partial charge in [-0.3, -0.25) is 29.2 Å². The number of dihydropyridines is 1. The zero-order valence-electron chi connectivity index (χ0n) is 27.6. The zero-order chi connectivity index (χ0) is 35.1. The maximum Gasteiger partial charge on any atom is 0.360 e. The van der Waals surface area contributed by atoms with E-state index in [2.05, 4.69) is 5.32 Å². The Kier molecular flexibility index (Phi) is 11.9. The second-order valence-electron chi connectivity index (χ2n) is 11.4. The van der Waals surface area contributed by atoms with E-state index in [1.165, 1.54) is 18.2 Å². The first-order chi connectivity index (χ1) is 22.9. The molecule has 0 spiro atoms. The molecule has 2 aliphatic rings. The number of benzene rings is 2. The molecule has 0 amide bonds. The van der Waals surface area contributed by atoms with Gasteiger partial charge in [-0.1, -0.05) is 42.5 Å². The average Bonchev–Trinajstić information content (AvgIpc) is 3.05. The minimum absolute atomic E-state index is 0.0187. The van der Waals surface area contributed by atoms with Crippen LogP contribution in [0.25, 0.3) is 0 Å². The number of carbonyl (C=O) groups is 3. The summed E-state index contributed by atoms with van der Waals surface area (Å²) in [5.41, 5.74) is -0.262. The molecule has 4 rings (SSSR count). The molecule has 1 N–H and O–H groups in total. The number of nitro groups is 1. The standard InChI is InChI=1S/C33H40N3O11P/c1-6-43-31(38)33(32(39)44-7-2)20-46-48(42,47-21-33)29-23(4)34-22(3)27(28(29)25-14-11-15-26(18-25)36(40)41)30(37)45-17-16-35(5)19-24-12-9-8-10-13-24/h8-15,18,28,34H,6-7,16-17,19-21H2,1-5H3. The number of nitro benzene ring substituents is 1. The Morgan fingerprint density at radius 2 is 1.60 bits per heavy atom. The van der Waals surface area contributed by atoms with E-state index < -0.39 is 55.0 Å². The van der Waals surface area contributed by atoms with Crippen molar-refractivity contribution < 1.29 is 47.1 Å². The second-order valence-corrected chi connectivity index (χ2v) is 13.4. The van der Waals surface area contributed by atoms with Gasteiger partial charge in [-0.2, -0.15) is 0 Å². The van der Waals surface area contributed by atoms with Crippen molar-refractivity contribution in [1.82, 2.24) is 10.2 Å². The second kappa shape index (κ2) is 15.7. The van der Waals surface area contributed by atoms with Crippen LogP contribution in [0.2, 0.25) is 0 Å². The van der Waals surface area contributed by atoms with Gasteiger partial charge in [0.25, 0.3) is 5.69 Å². The Hall–Kier alpha value is -4.36. The van der Waals surface area contributed by atoms with Crippen LogP contribution in [-0.2, 0) is 48.8 Å². The summed E-state index contributed by atoms with van der Waals surface area (Å²) in [7, 11) is -2.52. The van der Waals surface area contributed by atoms with Crippen molar-refractivity contribution in [3.63, 3.8) is 0 Å². The van der Waals surface area contributed by atoms with Crippen LogP contribution in [0.4, 0.5) is 5.69 Å². The van der Waals surface area contributed by atoms with Gasteiger partial charge in [-0.25, -0.2) is 4.79 Å². The lowest BCUT2D eigenvalue weighted by atomic mass is 9.86. The fourth-order valence-electron chi connectivity index (χ4n) is 5.57. The van der Waals surface area contributed by atoms with E-state index in [0.29, 0.717) is 24.5 Å². The molecular formula is C33H40N3O11P. The fraction of sp³-hybridized carbons (Fsp3) is 0.424. The smallest absolute Gasteiger partial charge is 0.360 e. The molecule has 1 atom stereocenters. The van der Waals surface area contributed by atoms with E-state index in [1.807, 2.05) is 42.3 Å². The highest BCUT2D eigenvalue weighted by atomic mass is 31.2. The number of likely N-dealkylation sites (N-methyl/N-ethyl adjacent to an activating group) is 1. The summed E-state index contributed by atoms with van der Waals surface area (Å²) >= 11 is 0. The van der Waals surface area contributed by atoms with Gasteiger partial charge in [-0.15, -0.1) is 0 Å². The maximum absolute atomic E-state index is 14.6. The molecule has 0 aromatic heterocycles. The molecule has 0 radical (unpaired) electrons.